The van der Waals surface area contributed by atoms with Crippen LogP contribution in [0.3, 0.4) is 0 Å². The Morgan fingerprint density at radius 2 is 2.33 bits per heavy atom. The maximum atomic E-state index is 5.81. The van der Waals surface area contributed by atoms with E-state index in [-0.39, 0.29) is 0 Å². The SMILES string of the molecule is CCCCNC(N)=NCC1Cc2ccccc2N1. The molecular formula is C14H22N4. The van der Waals surface area contributed by atoms with E-state index in [1.165, 1.54) is 17.7 Å². The number of hydrogen-bond acceptors (Lipinski definition) is 2. The lowest BCUT2D eigenvalue weighted by molar-refractivity contribution is 0.731. The summed E-state index contributed by atoms with van der Waals surface area (Å²) in [7, 11) is 0. The van der Waals surface area contributed by atoms with E-state index < -0.39 is 0 Å². The molecule has 4 nitrogen and oxygen atoms in total. The molecule has 0 saturated carbocycles. The van der Waals surface area contributed by atoms with E-state index >= 15 is 0 Å². The summed E-state index contributed by atoms with van der Waals surface area (Å²) in [4.78, 5) is 4.38. The van der Waals surface area contributed by atoms with Gasteiger partial charge in [0, 0.05) is 18.3 Å². The lowest BCUT2D eigenvalue weighted by Gasteiger charge is -2.09. The molecule has 1 aliphatic heterocycles. The van der Waals surface area contributed by atoms with Gasteiger partial charge in [-0.15, -0.1) is 0 Å². The number of nitrogens with zero attached hydrogens (tertiary/aromatic N) is 1. The van der Waals surface area contributed by atoms with Gasteiger partial charge in [0.25, 0.3) is 0 Å². The fourth-order valence-corrected chi connectivity index (χ4v) is 2.14. The number of guanidine groups is 1. The topological polar surface area (TPSA) is 62.4 Å². The van der Waals surface area contributed by atoms with Gasteiger partial charge in [-0.3, -0.25) is 4.99 Å². The summed E-state index contributed by atoms with van der Waals surface area (Å²) in [6.45, 7) is 3.79. The molecule has 18 heavy (non-hydrogen) atoms. The van der Waals surface area contributed by atoms with Gasteiger partial charge in [-0.25, -0.2) is 0 Å². The van der Waals surface area contributed by atoms with Gasteiger partial charge in [0.1, 0.15) is 0 Å². The van der Waals surface area contributed by atoms with Gasteiger partial charge < -0.3 is 16.4 Å². The third-order valence-electron chi connectivity index (χ3n) is 3.16. The number of aliphatic imine (C=N–C) groups is 1. The van der Waals surface area contributed by atoms with Crippen LogP contribution in [-0.2, 0) is 6.42 Å². The standard InChI is InChI=1S/C14H22N4/c1-2-3-8-16-14(15)17-10-12-9-11-6-4-5-7-13(11)18-12/h4-7,12,18H,2-3,8-10H2,1H3,(H3,15,16,17). The molecule has 1 heterocycles. The Bertz CT molecular complexity index is 389. The molecule has 98 valence electrons. The molecule has 2 rings (SSSR count). The smallest absolute Gasteiger partial charge is 0.188 e. The second-order valence-corrected chi connectivity index (χ2v) is 4.71. The van der Waals surface area contributed by atoms with Crippen molar-refractivity contribution >= 4 is 11.6 Å². The Labute approximate surface area is 109 Å². The fraction of sp³-hybridized carbons (Fsp3) is 0.500. The van der Waals surface area contributed by atoms with Crippen molar-refractivity contribution in [1.29, 1.82) is 0 Å². The molecule has 0 aromatic heterocycles. The highest BCUT2D eigenvalue weighted by molar-refractivity contribution is 5.77. The van der Waals surface area contributed by atoms with Crippen LogP contribution >= 0.6 is 0 Å². The number of hydrogen-bond donors (Lipinski definition) is 3. The summed E-state index contributed by atoms with van der Waals surface area (Å²) < 4.78 is 0. The quantitative estimate of drug-likeness (QED) is 0.421. The van der Waals surface area contributed by atoms with E-state index in [9.17, 15) is 0 Å². The number of anilines is 1. The highest BCUT2D eigenvalue weighted by atomic mass is 15.1. The van der Waals surface area contributed by atoms with Gasteiger partial charge in [-0.1, -0.05) is 31.5 Å². The minimum absolute atomic E-state index is 0.369. The van der Waals surface area contributed by atoms with Crippen LogP contribution in [0.2, 0.25) is 0 Å². The van der Waals surface area contributed by atoms with Crippen LogP contribution in [0.1, 0.15) is 25.3 Å². The molecule has 0 spiro atoms. The average Bonchev–Trinajstić information content (AvgIpc) is 2.79. The van der Waals surface area contributed by atoms with Gasteiger partial charge in [-0.05, 0) is 24.5 Å². The zero-order valence-electron chi connectivity index (χ0n) is 10.9. The normalized spacial score (nSPS) is 18.3. The fourth-order valence-electron chi connectivity index (χ4n) is 2.14. The second-order valence-electron chi connectivity index (χ2n) is 4.71. The van der Waals surface area contributed by atoms with Crippen molar-refractivity contribution < 1.29 is 0 Å². The Morgan fingerprint density at radius 3 is 3.11 bits per heavy atom. The van der Waals surface area contributed by atoms with Crippen LogP contribution in [-0.4, -0.2) is 25.1 Å². The number of rotatable bonds is 5. The molecule has 1 atom stereocenters. The number of benzene rings is 1. The Morgan fingerprint density at radius 1 is 1.50 bits per heavy atom. The lowest BCUT2D eigenvalue weighted by Crippen LogP contribution is -2.34. The highest BCUT2D eigenvalue weighted by Crippen LogP contribution is 2.24. The number of fused-ring (bicyclic) bond motifs is 1. The maximum Gasteiger partial charge on any atom is 0.188 e. The summed E-state index contributed by atoms with van der Waals surface area (Å²) in [6.07, 6.45) is 3.32. The van der Waals surface area contributed by atoms with Gasteiger partial charge in [0.05, 0.1) is 6.54 Å². The van der Waals surface area contributed by atoms with E-state index in [1.807, 2.05) is 0 Å². The summed E-state index contributed by atoms with van der Waals surface area (Å²) in [5.74, 6) is 0.557. The van der Waals surface area contributed by atoms with Gasteiger partial charge in [0.15, 0.2) is 5.96 Å². The lowest BCUT2D eigenvalue weighted by atomic mass is 10.1. The molecular weight excluding hydrogens is 224 g/mol. The predicted octanol–water partition coefficient (Wildman–Crippen LogP) is 1.73. The first-order chi connectivity index (χ1) is 8.79. The molecule has 4 N–H and O–H groups in total. The monoisotopic (exact) mass is 246 g/mol. The number of nitrogens with one attached hydrogen (secondary N) is 2. The minimum atomic E-state index is 0.369. The van der Waals surface area contributed by atoms with Gasteiger partial charge in [0.2, 0.25) is 0 Å². The van der Waals surface area contributed by atoms with Crippen molar-refractivity contribution in [2.75, 3.05) is 18.4 Å². The Kier molecular flexibility index (Phi) is 4.45. The number of nitrogens with two attached hydrogens (primary N) is 1. The molecule has 1 aromatic rings. The van der Waals surface area contributed by atoms with E-state index in [0.29, 0.717) is 12.0 Å². The average molecular weight is 246 g/mol. The molecule has 0 bridgehead atoms. The van der Waals surface area contributed by atoms with Crippen molar-refractivity contribution in [2.24, 2.45) is 10.7 Å². The van der Waals surface area contributed by atoms with Crippen LogP contribution < -0.4 is 16.4 Å². The van der Waals surface area contributed by atoms with E-state index in [2.05, 4.69) is 46.8 Å². The molecule has 1 unspecified atom stereocenters. The first kappa shape index (κ1) is 12.7. The molecule has 1 aliphatic rings. The third kappa shape index (κ3) is 3.39. The van der Waals surface area contributed by atoms with Crippen LogP contribution in [0.15, 0.2) is 29.3 Å². The zero-order chi connectivity index (χ0) is 12.8. The molecule has 4 heteroatoms. The number of unbranched alkanes of at least 4 members (excludes halogenated alkanes) is 1. The van der Waals surface area contributed by atoms with Crippen molar-refractivity contribution in [1.82, 2.24) is 5.32 Å². The summed E-state index contributed by atoms with van der Waals surface area (Å²) in [5, 5.41) is 6.60. The van der Waals surface area contributed by atoms with Gasteiger partial charge >= 0.3 is 0 Å². The minimum Gasteiger partial charge on any atom is -0.380 e. The molecule has 0 radical (unpaired) electrons. The number of para-hydroxylation sites is 1. The predicted molar refractivity (Wildman–Crippen MR) is 77.0 cm³/mol. The summed E-state index contributed by atoms with van der Waals surface area (Å²) in [5.41, 5.74) is 8.41. The first-order valence-corrected chi connectivity index (χ1v) is 6.68. The molecule has 0 saturated heterocycles. The summed E-state index contributed by atoms with van der Waals surface area (Å²) >= 11 is 0. The third-order valence-corrected chi connectivity index (χ3v) is 3.16. The van der Waals surface area contributed by atoms with Crippen LogP contribution in [0.4, 0.5) is 5.69 Å². The molecule has 0 fully saturated rings. The van der Waals surface area contributed by atoms with Gasteiger partial charge in [-0.2, -0.15) is 0 Å². The Balaban J connectivity index is 1.77. The van der Waals surface area contributed by atoms with Crippen LogP contribution in [0, 0.1) is 0 Å². The van der Waals surface area contributed by atoms with Crippen molar-refractivity contribution in [2.45, 2.75) is 32.2 Å². The largest absolute Gasteiger partial charge is 0.380 e. The molecule has 0 amide bonds. The Hall–Kier alpha value is -1.71. The van der Waals surface area contributed by atoms with E-state index in [0.717, 1.165) is 25.9 Å². The summed E-state index contributed by atoms with van der Waals surface area (Å²) in [6, 6.07) is 8.77. The van der Waals surface area contributed by atoms with Crippen molar-refractivity contribution in [3.63, 3.8) is 0 Å². The zero-order valence-corrected chi connectivity index (χ0v) is 10.9. The van der Waals surface area contributed by atoms with Crippen molar-refractivity contribution in [3.05, 3.63) is 29.8 Å². The van der Waals surface area contributed by atoms with Crippen molar-refractivity contribution in [3.8, 4) is 0 Å². The van der Waals surface area contributed by atoms with E-state index in [1.54, 1.807) is 0 Å². The van der Waals surface area contributed by atoms with Crippen LogP contribution in [0.25, 0.3) is 0 Å². The van der Waals surface area contributed by atoms with E-state index in [4.69, 9.17) is 5.73 Å². The molecule has 0 aliphatic carbocycles. The first-order valence-electron chi connectivity index (χ1n) is 6.68. The maximum absolute atomic E-state index is 5.81. The second kappa shape index (κ2) is 6.28. The molecule has 1 aromatic carbocycles. The van der Waals surface area contributed by atoms with Crippen LogP contribution in [0.5, 0.6) is 0 Å². The highest BCUT2D eigenvalue weighted by Gasteiger charge is 2.19.